The molecule has 0 heterocycles. The number of aliphatic carboxylic acids is 1. The lowest BCUT2D eigenvalue weighted by molar-refractivity contribution is -0.137. The van der Waals surface area contributed by atoms with Crippen LogP contribution in [-0.2, 0) is 9.59 Å². The molecule has 1 unspecified atom stereocenters. The summed E-state index contributed by atoms with van der Waals surface area (Å²) in [5.41, 5.74) is 0.312. The summed E-state index contributed by atoms with van der Waals surface area (Å²) in [4.78, 5) is 35.0. The average Bonchev–Trinajstić information content (AvgIpc) is 2.55. The van der Waals surface area contributed by atoms with Gasteiger partial charge >= 0.3 is 5.97 Å². The summed E-state index contributed by atoms with van der Waals surface area (Å²) in [6, 6.07) is 5.93. The highest BCUT2D eigenvalue weighted by atomic mass is 35.5. The first-order valence-corrected chi connectivity index (χ1v) is 9.26. The van der Waals surface area contributed by atoms with Crippen molar-refractivity contribution >= 4 is 41.1 Å². The average molecular weight is 373 g/mol. The fourth-order valence-electron chi connectivity index (χ4n) is 1.96. The highest BCUT2D eigenvalue weighted by molar-refractivity contribution is 7.98. The van der Waals surface area contributed by atoms with Crippen LogP contribution >= 0.6 is 23.4 Å². The van der Waals surface area contributed by atoms with Crippen molar-refractivity contribution in [1.82, 2.24) is 10.6 Å². The van der Waals surface area contributed by atoms with E-state index in [-0.39, 0.29) is 18.9 Å². The Morgan fingerprint density at radius 3 is 2.62 bits per heavy atom. The molecule has 132 valence electrons. The molecule has 1 aromatic rings. The standard InChI is InChI=1S/C16H21ClN2O4S/c1-24-10-8-13(16(23)18-9-4-7-14(20)21)19-15(22)11-5-2-3-6-12(11)17/h2-3,5-6,13H,4,7-10H2,1H3,(H,18,23)(H,19,22)(H,20,21). The summed E-state index contributed by atoms with van der Waals surface area (Å²) < 4.78 is 0. The number of hydrogen-bond acceptors (Lipinski definition) is 4. The van der Waals surface area contributed by atoms with E-state index < -0.39 is 17.9 Å². The van der Waals surface area contributed by atoms with Gasteiger partial charge in [0.2, 0.25) is 5.91 Å². The SMILES string of the molecule is CSCCC(NC(=O)c1ccccc1Cl)C(=O)NCCCC(=O)O. The zero-order chi connectivity index (χ0) is 17.9. The van der Waals surface area contributed by atoms with E-state index in [1.807, 2.05) is 6.26 Å². The molecule has 0 aliphatic rings. The van der Waals surface area contributed by atoms with Crippen molar-refractivity contribution in [3.8, 4) is 0 Å². The van der Waals surface area contributed by atoms with E-state index in [1.165, 1.54) is 0 Å². The number of hydrogen-bond donors (Lipinski definition) is 3. The number of rotatable bonds is 10. The molecule has 0 aromatic heterocycles. The van der Waals surface area contributed by atoms with Crippen molar-refractivity contribution < 1.29 is 19.5 Å². The number of carbonyl (C=O) groups excluding carboxylic acids is 2. The van der Waals surface area contributed by atoms with Gasteiger partial charge in [-0.15, -0.1) is 0 Å². The van der Waals surface area contributed by atoms with Gasteiger partial charge in [-0.1, -0.05) is 23.7 Å². The van der Waals surface area contributed by atoms with Gasteiger partial charge in [0.25, 0.3) is 5.91 Å². The van der Waals surface area contributed by atoms with Crippen molar-refractivity contribution in [2.75, 3.05) is 18.6 Å². The van der Waals surface area contributed by atoms with Crippen LogP contribution in [0.5, 0.6) is 0 Å². The Morgan fingerprint density at radius 2 is 2.00 bits per heavy atom. The molecule has 1 aromatic carbocycles. The molecule has 1 rings (SSSR count). The third kappa shape index (κ3) is 7.23. The molecule has 24 heavy (non-hydrogen) atoms. The first kappa shape index (κ1) is 20.3. The van der Waals surface area contributed by atoms with Crippen LogP contribution in [0, 0.1) is 0 Å². The number of carboxylic acids is 1. The van der Waals surface area contributed by atoms with Gasteiger partial charge in [0.1, 0.15) is 6.04 Å². The summed E-state index contributed by atoms with van der Waals surface area (Å²) >= 11 is 7.57. The Balaban J connectivity index is 2.63. The van der Waals surface area contributed by atoms with E-state index in [2.05, 4.69) is 10.6 Å². The minimum absolute atomic E-state index is 0.0122. The molecule has 3 N–H and O–H groups in total. The van der Waals surface area contributed by atoms with Gasteiger partial charge in [-0.25, -0.2) is 0 Å². The van der Waals surface area contributed by atoms with Crippen molar-refractivity contribution in [1.29, 1.82) is 0 Å². The molecule has 0 radical (unpaired) electrons. The monoisotopic (exact) mass is 372 g/mol. The molecule has 0 fully saturated rings. The molecule has 6 nitrogen and oxygen atoms in total. The number of carboxylic acid groups (broad SMARTS) is 1. The van der Waals surface area contributed by atoms with Gasteiger partial charge < -0.3 is 15.7 Å². The van der Waals surface area contributed by atoms with Crippen LogP contribution < -0.4 is 10.6 Å². The molecule has 8 heteroatoms. The fourth-order valence-corrected chi connectivity index (χ4v) is 2.65. The zero-order valence-electron chi connectivity index (χ0n) is 13.4. The van der Waals surface area contributed by atoms with Crippen LogP contribution in [0.2, 0.25) is 5.02 Å². The Kier molecular flexibility index (Phi) is 9.26. The van der Waals surface area contributed by atoms with Gasteiger partial charge in [0, 0.05) is 13.0 Å². The predicted octanol–water partition coefficient (Wildman–Crippen LogP) is 2.17. The van der Waals surface area contributed by atoms with Gasteiger partial charge in [-0.05, 0) is 37.0 Å². The summed E-state index contributed by atoms with van der Waals surface area (Å²) in [6.07, 6.45) is 2.72. The lowest BCUT2D eigenvalue weighted by Gasteiger charge is -2.18. The molecule has 0 saturated heterocycles. The Morgan fingerprint density at radius 1 is 1.29 bits per heavy atom. The first-order chi connectivity index (χ1) is 11.5. The van der Waals surface area contributed by atoms with Crippen LogP contribution in [0.15, 0.2) is 24.3 Å². The Hall–Kier alpha value is -1.73. The summed E-state index contributed by atoms with van der Waals surface area (Å²) in [6.45, 7) is 0.253. The maximum Gasteiger partial charge on any atom is 0.303 e. The third-order valence-corrected chi connectivity index (χ3v) is 4.19. The van der Waals surface area contributed by atoms with E-state index in [0.717, 1.165) is 0 Å². The minimum Gasteiger partial charge on any atom is -0.481 e. The molecule has 1 atom stereocenters. The summed E-state index contributed by atoms with van der Waals surface area (Å²) in [7, 11) is 0. The van der Waals surface area contributed by atoms with E-state index in [4.69, 9.17) is 16.7 Å². The van der Waals surface area contributed by atoms with Crippen molar-refractivity contribution in [3.05, 3.63) is 34.9 Å². The van der Waals surface area contributed by atoms with Crippen LogP contribution in [0.25, 0.3) is 0 Å². The van der Waals surface area contributed by atoms with E-state index in [1.54, 1.807) is 36.0 Å². The first-order valence-electron chi connectivity index (χ1n) is 7.49. The zero-order valence-corrected chi connectivity index (χ0v) is 15.0. The van der Waals surface area contributed by atoms with Crippen molar-refractivity contribution in [3.63, 3.8) is 0 Å². The molecule has 0 saturated carbocycles. The number of halogens is 1. The molecule has 0 spiro atoms. The summed E-state index contributed by atoms with van der Waals surface area (Å²) in [5, 5.41) is 14.3. The van der Waals surface area contributed by atoms with E-state index in [9.17, 15) is 14.4 Å². The van der Waals surface area contributed by atoms with E-state index >= 15 is 0 Å². The molecule has 2 amide bonds. The second-order valence-corrected chi connectivity index (χ2v) is 6.47. The number of thioether (sulfide) groups is 1. The topological polar surface area (TPSA) is 95.5 Å². The van der Waals surface area contributed by atoms with Gasteiger partial charge in [-0.3, -0.25) is 14.4 Å². The van der Waals surface area contributed by atoms with E-state index in [0.29, 0.717) is 29.2 Å². The highest BCUT2D eigenvalue weighted by Gasteiger charge is 2.21. The smallest absolute Gasteiger partial charge is 0.303 e. The maximum atomic E-state index is 12.3. The predicted molar refractivity (Wildman–Crippen MR) is 95.6 cm³/mol. The maximum absolute atomic E-state index is 12.3. The van der Waals surface area contributed by atoms with Gasteiger partial charge in [-0.2, -0.15) is 11.8 Å². The number of amides is 2. The van der Waals surface area contributed by atoms with Crippen molar-refractivity contribution in [2.45, 2.75) is 25.3 Å². The quantitative estimate of drug-likeness (QED) is 0.547. The number of carbonyl (C=O) groups is 3. The Labute approximate surface area is 150 Å². The number of nitrogens with one attached hydrogen (secondary N) is 2. The van der Waals surface area contributed by atoms with Crippen LogP contribution in [0.3, 0.4) is 0 Å². The highest BCUT2D eigenvalue weighted by Crippen LogP contribution is 2.15. The minimum atomic E-state index is -0.907. The largest absolute Gasteiger partial charge is 0.481 e. The molecular weight excluding hydrogens is 352 g/mol. The van der Waals surface area contributed by atoms with Crippen molar-refractivity contribution in [2.24, 2.45) is 0 Å². The lowest BCUT2D eigenvalue weighted by atomic mass is 10.1. The molecule has 0 aliphatic carbocycles. The number of benzene rings is 1. The van der Waals surface area contributed by atoms with Gasteiger partial charge in [0.05, 0.1) is 10.6 Å². The normalized spacial score (nSPS) is 11.6. The third-order valence-electron chi connectivity index (χ3n) is 3.22. The molecular formula is C16H21ClN2O4S. The molecule has 0 aliphatic heterocycles. The lowest BCUT2D eigenvalue weighted by Crippen LogP contribution is -2.47. The fraction of sp³-hybridized carbons (Fsp3) is 0.438. The van der Waals surface area contributed by atoms with Gasteiger partial charge in [0.15, 0.2) is 0 Å². The second-order valence-electron chi connectivity index (χ2n) is 5.08. The molecule has 0 bridgehead atoms. The summed E-state index contributed by atoms with van der Waals surface area (Å²) in [5.74, 6) is -0.937. The van der Waals surface area contributed by atoms with Crippen LogP contribution in [0.1, 0.15) is 29.6 Å². The van der Waals surface area contributed by atoms with Crippen LogP contribution in [-0.4, -0.2) is 47.5 Å². The Bertz CT molecular complexity index is 583. The van der Waals surface area contributed by atoms with Crippen LogP contribution in [0.4, 0.5) is 0 Å². The second kappa shape index (κ2) is 10.9.